The number of aliphatic imine (C=N–C) groups is 1. The van der Waals surface area contributed by atoms with E-state index in [0.29, 0.717) is 5.84 Å². The zero-order valence-corrected chi connectivity index (χ0v) is 14.4. The Hall–Kier alpha value is -2.60. The van der Waals surface area contributed by atoms with Gasteiger partial charge in [-0.05, 0) is 32.0 Å². The lowest BCUT2D eigenvalue weighted by molar-refractivity contribution is 0.0376. The van der Waals surface area contributed by atoms with Crippen molar-refractivity contribution in [3.63, 3.8) is 0 Å². The molecule has 1 aliphatic heterocycles. The summed E-state index contributed by atoms with van der Waals surface area (Å²) in [5.41, 5.74) is 4.32. The second kappa shape index (κ2) is 8.31. The van der Waals surface area contributed by atoms with Crippen LogP contribution in [-0.2, 0) is 4.84 Å². The van der Waals surface area contributed by atoms with Crippen molar-refractivity contribution >= 4 is 5.84 Å². The number of hydrogen-bond acceptors (Lipinski definition) is 5. The van der Waals surface area contributed by atoms with Gasteiger partial charge >= 0.3 is 0 Å². The molecule has 1 atom stereocenters. The number of rotatable bonds is 4. The number of benzene rings is 1. The number of hydroxylamine groups is 1. The van der Waals surface area contributed by atoms with Crippen LogP contribution >= 0.6 is 0 Å². The SMILES string of the molecule is CC.CC(C)Oc1ccc(C2N=C(c3ccc(=O)[nH]c3)NO2)cc1. The van der Waals surface area contributed by atoms with Crippen LogP contribution in [0.25, 0.3) is 0 Å². The quantitative estimate of drug-likeness (QED) is 0.903. The minimum Gasteiger partial charge on any atom is -0.491 e. The normalized spacial score (nSPS) is 16.0. The van der Waals surface area contributed by atoms with Crippen LogP contribution in [0.5, 0.6) is 5.75 Å². The molecule has 0 spiro atoms. The van der Waals surface area contributed by atoms with Gasteiger partial charge in [0.15, 0.2) is 5.84 Å². The number of aromatic amines is 1. The molecule has 6 heteroatoms. The highest BCUT2D eigenvalue weighted by atomic mass is 16.7. The lowest BCUT2D eigenvalue weighted by atomic mass is 10.2. The van der Waals surface area contributed by atoms with Gasteiger partial charge in [0.1, 0.15) is 5.75 Å². The van der Waals surface area contributed by atoms with Gasteiger partial charge in [0.05, 0.1) is 6.10 Å². The number of amidine groups is 1. The van der Waals surface area contributed by atoms with Crippen LogP contribution < -0.4 is 15.8 Å². The molecule has 0 aliphatic carbocycles. The van der Waals surface area contributed by atoms with Gasteiger partial charge < -0.3 is 9.72 Å². The highest BCUT2D eigenvalue weighted by molar-refractivity contribution is 5.98. The van der Waals surface area contributed by atoms with Crippen molar-refractivity contribution in [2.75, 3.05) is 0 Å². The van der Waals surface area contributed by atoms with Gasteiger partial charge in [0, 0.05) is 23.4 Å². The van der Waals surface area contributed by atoms with E-state index < -0.39 is 6.23 Å². The van der Waals surface area contributed by atoms with Crippen molar-refractivity contribution in [3.8, 4) is 5.75 Å². The van der Waals surface area contributed by atoms with Crippen LogP contribution in [0, 0.1) is 0 Å². The lowest BCUT2D eigenvalue weighted by Gasteiger charge is -2.11. The molecule has 2 aromatic rings. The molecule has 0 bridgehead atoms. The van der Waals surface area contributed by atoms with Crippen LogP contribution in [0.3, 0.4) is 0 Å². The van der Waals surface area contributed by atoms with E-state index in [1.165, 1.54) is 6.07 Å². The van der Waals surface area contributed by atoms with E-state index in [0.717, 1.165) is 16.9 Å². The maximum atomic E-state index is 11.1. The summed E-state index contributed by atoms with van der Waals surface area (Å²) in [5.74, 6) is 1.40. The summed E-state index contributed by atoms with van der Waals surface area (Å²) in [4.78, 5) is 23.6. The molecule has 0 amide bonds. The van der Waals surface area contributed by atoms with Gasteiger partial charge in [0.2, 0.25) is 11.8 Å². The number of nitrogens with zero attached hydrogens (tertiary/aromatic N) is 1. The maximum Gasteiger partial charge on any atom is 0.247 e. The molecule has 1 aromatic carbocycles. The van der Waals surface area contributed by atoms with E-state index in [2.05, 4.69) is 15.5 Å². The molecule has 0 saturated heterocycles. The third-order valence-corrected chi connectivity index (χ3v) is 3.11. The fraction of sp³-hybridized carbons (Fsp3) is 0.333. The van der Waals surface area contributed by atoms with Gasteiger partial charge in [-0.3, -0.25) is 4.79 Å². The van der Waals surface area contributed by atoms with E-state index in [-0.39, 0.29) is 11.7 Å². The number of hydrogen-bond donors (Lipinski definition) is 2. The van der Waals surface area contributed by atoms with Crippen LogP contribution in [0.1, 0.15) is 45.0 Å². The fourth-order valence-electron chi connectivity index (χ4n) is 2.10. The Balaban J connectivity index is 0.00000100. The van der Waals surface area contributed by atoms with Crippen molar-refractivity contribution in [3.05, 3.63) is 64.1 Å². The third kappa shape index (κ3) is 4.45. The van der Waals surface area contributed by atoms with Crippen LogP contribution in [0.15, 0.2) is 52.4 Å². The Morgan fingerprint density at radius 2 is 1.83 bits per heavy atom. The first-order chi connectivity index (χ1) is 11.6. The predicted molar refractivity (Wildman–Crippen MR) is 94.1 cm³/mol. The zero-order chi connectivity index (χ0) is 17.5. The summed E-state index contributed by atoms with van der Waals surface area (Å²) in [5, 5.41) is 0. The van der Waals surface area contributed by atoms with Gasteiger partial charge in [-0.2, -0.15) is 0 Å². The summed E-state index contributed by atoms with van der Waals surface area (Å²) in [6.45, 7) is 7.97. The molecule has 2 N–H and O–H groups in total. The van der Waals surface area contributed by atoms with Gasteiger partial charge in [-0.25, -0.2) is 15.3 Å². The first kappa shape index (κ1) is 17.7. The zero-order valence-electron chi connectivity index (χ0n) is 14.4. The molecular weight excluding hydrogens is 306 g/mol. The van der Waals surface area contributed by atoms with Crippen LogP contribution in [0.4, 0.5) is 0 Å². The van der Waals surface area contributed by atoms with E-state index in [1.807, 2.05) is 52.0 Å². The van der Waals surface area contributed by atoms with E-state index in [4.69, 9.17) is 9.57 Å². The smallest absolute Gasteiger partial charge is 0.247 e. The van der Waals surface area contributed by atoms with Crippen molar-refractivity contribution in [1.29, 1.82) is 0 Å². The Bertz CT molecular complexity index is 715. The Labute approximate surface area is 141 Å². The highest BCUT2D eigenvalue weighted by Gasteiger charge is 2.20. The molecule has 128 valence electrons. The van der Waals surface area contributed by atoms with Crippen molar-refractivity contribution in [2.45, 2.75) is 40.0 Å². The molecule has 1 aliphatic rings. The van der Waals surface area contributed by atoms with E-state index >= 15 is 0 Å². The molecule has 0 fully saturated rings. The number of ether oxygens (including phenoxy) is 1. The van der Waals surface area contributed by atoms with Crippen molar-refractivity contribution in [2.24, 2.45) is 4.99 Å². The standard InChI is InChI=1S/C16H17N3O3.C2H6/c1-10(2)21-13-6-3-11(4-7-13)16-18-15(19-22-16)12-5-8-14(20)17-9-12;1-2/h3-10,16H,1-2H3,(H,17,20)(H,18,19);1-2H3. The number of pyridine rings is 1. The Morgan fingerprint density at radius 3 is 2.42 bits per heavy atom. The molecule has 2 heterocycles. The molecule has 3 rings (SSSR count). The third-order valence-electron chi connectivity index (χ3n) is 3.11. The Morgan fingerprint density at radius 1 is 1.12 bits per heavy atom. The average Bonchev–Trinajstić information content (AvgIpc) is 3.07. The van der Waals surface area contributed by atoms with E-state index in [1.54, 1.807) is 12.3 Å². The van der Waals surface area contributed by atoms with Crippen molar-refractivity contribution in [1.82, 2.24) is 10.5 Å². The first-order valence-electron chi connectivity index (χ1n) is 8.07. The topological polar surface area (TPSA) is 75.7 Å². The number of nitrogens with one attached hydrogen (secondary N) is 2. The predicted octanol–water partition coefficient (Wildman–Crippen LogP) is 3.17. The molecule has 0 saturated carbocycles. The second-order valence-corrected chi connectivity index (χ2v) is 5.23. The fourth-order valence-corrected chi connectivity index (χ4v) is 2.10. The summed E-state index contributed by atoms with van der Waals surface area (Å²) < 4.78 is 5.61. The maximum absolute atomic E-state index is 11.1. The summed E-state index contributed by atoms with van der Waals surface area (Å²) >= 11 is 0. The molecule has 0 radical (unpaired) electrons. The van der Waals surface area contributed by atoms with Crippen molar-refractivity contribution < 1.29 is 9.57 Å². The molecule has 6 nitrogen and oxygen atoms in total. The summed E-state index contributed by atoms with van der Waals surface area (Å²) in [7, 11) is 0. The summed E-state index contributed by atoms with van der Waals surface area (Å²) in [6.07, 6.45) is 1.31. The monoisotopic (exact) mass is 329 g/mol. The average molecular weight is 329 g/mol. The molecule has 1 unspecified atom stereocenters. The largest absolute Gasteiger partial charge is 0.491 e. The molecule has 24 heavy (non-hydrogen) atoms. The number of H-pyrrole nitrogens is 1. The summed E-state index contributed by atoms with van der Waals surface area (Å²) in [6, 6.07) is 10.8. The van der Waals surface area contributed by atoms with Gasteiger partial charge in [-0.15, -0.1) is 0 Å². The van der Waals surface area contributed by atoms with Gasteiger partial charge in [0.25, 0.3) is 0 Å². The highest BCUT2D eigenvalue weighted by Crippen LogP contribution is 2.25. The number of aromatic nitrogens is 1. The van der Waals surface area contributed by atoms with Crippen LogP contribution in [-0.4, -0.2) is 16.9 Å². The first-order valence-corrected chi connectivity index (χ1v) is 8.07. The minimum absolute atomic E-state index is 0.139. The molecular formula is C18H23N3O3. The van der Waals surface area contributed by atoms with Crippen LogP contribution in [0.2, 0.25) is 0 Å². The second-order valence-electron chi connectivity index (χ2n) is 5.23. The lowest BCUT2D eigenvalue weighted by Crippen LogP contribution is -2.19. The minimum atomic E-state index is -0.421. The molecule has 1 aromatic heterocycles. The Kier molecular flexibility index (Phi) is 6.14. The van der Waals surface area contributed by atoms with E-state index in [9.17, 15) is 4.79 Å². The van der Waals surface area contributed by atoms with Gasteiger partial charge in [-0.1, -0.05) is 26.0 Å².